The molecular weight excluding hydrogens is 278 g/mol. The average Bonchev–Trinajstić information content (AvgIpc) is 2.40. The van der Waals surface area contributed by atoms with Crippen molar-refractivity contribution in [2.75, 3.05) is 13.1 Å². The van der Waals surface area contributed by atoms with Crippen LogP contribution in [0.15, 0.2) is 18.2 Å². The second-order valence-corrected chi connectivity index (χ2v) is 7.30. The van der Waals surface area contributed by atoms with E-state index in [9.17, 15) is 9.90 Å². The molecule has 0 aliphatic carbocycles. The van der Waals surface area contributed by atoms with Crippen molar-refractivity contribution in [2.24, 2.45) is 0 Å². The first-order valence-electron chi connectivity index (χ1n) is 7.89. The van der Waals surface area contributed by atoms with Gasteiger partial charge >= 0.3 is 6.09 Å². The monoisotopic (exact) mass is 305 g/mol. The zero-order valence-corrected chi connectivity index (χ0v) is 14.3. The fourth-order valence-electron chi connectivity index (χ4n) is 2.71. The van der Waals surface area contributed by atoms with Gasteiger partial charge in [0.15, 0.2) is 0 Å². The number of aryl methyl sites for hydroxylation is 2. The van der Waals surface area contributed by atoms with Crippen LogP contribution in [0.3, 0.4) is 0 Å². The summed E-state index contributed by atoms with van der Waals surface area (Å²) in [5.41, 5.74) is 2.01. The SMILES string of the molecule is Cc1ccc(C2(O)CCN(C(=O)OC(C)(C)C)CC2)cc1C. The topological polar surface area (TPSA) is 49.8 Å². The Hall–Kier alpha value is -1.55. The highest BCUT2D eigenvalue weighted by Gasteiger charge is 2.36. The number of rotatable bonds is 1. The van der Waals surface area contributed by atoms with Gasteiger partial charge < -0.3 is 14.7 Å². The standard InChI is InChI=1S/C18H27NO3/c1-13-6-7-15(12-14(13)2)18(21)8-10-19(11-9-18)16(20)22-17(3,4)5/h6-7,12,21H,8-11H2,1-5H3. The Morgan fingerprint density at radius 2 is 1.77 bits per heavy atom. The highest BCUT2D eigenvalue weighted by molar-refractivity contribution is 5.68. The summed E-state index contributed by atoms with van der Waals surface area (Å²) in [5.74, 6) is 0. The van der Waals surface area contributed by atoms with E-state index in [0.717, 1.165) is 5.56 Å². The maximum absolute atomic E-state index is 12.1. The first-order chi connectivity index (χ1) is 10.1. The van der Waals surface area contributed by atoms with E-state index in [1.807, 2.05) is 32.9 Å². The number of amides is 1. The number of carbonyl (C=O) groups is 1. The summed E-state index contributed by atoms with van der Waals surface area (Å²) in [5, 5.41) is 10.9. The fraction of sp³-hybridized carbons (Fsp3) is 0.611. The zero-order valence-electron chi connectivity index (χ0n) is 14.3. The lowest BCUT2D eigenvalue weighted by Crippen LogP contribution is -2.46. The molecule has 1 heterocycles. The molecule has 0 saturated carbocycles. The molecule has 1 aromatic carbocycles. The van der Waals surface area contributed by atoms with Crippen LogP contribution in [0.5, 0.6) is 0 Å². The summed E-state index contributed by atoms with van der Waals surface area (Å²) < 4.78 is 5.39. The number of likely N-dealkylation sites (tertiary alicyclic amines) is 1. The Morgan fingerprint density at radius 3 is 2.27 bits per heavy atom. The number of ether oxygens (including phenoxy) is 1. The predicted octanol–water partition coefficient (Wildman–Crippen LogP) is 3.52. The van der Waals surface area contributed by atoms with Crippen LogP contribution in [0, 0.1) is 13.8 Å². The molecule has 22 heavy (non-hydrogen) atoms. The van der Waals surface area contributed by atoms with Crippen LogP contribution < -0.4 is 0 Å². The number of hydrogen-bond acceptors (Lipinski definition) is 3. The number of aliphatic hydroxyl groups is 1. The minimum absolute atomic E-state index is 0.297. The van der Waals surface area contributed by atoms with Gasteiger partial charge in [-0.05, 0) is 64.2 Å². The van der Waals surface area contributed by atoms with Crippen LogP contribution in [0.25, 0.3) is 0 Å². The fourth-order valence-corrected chi connectivity index (χ4v) is 2.71. The van der Waals surface area contributed by atoms with Gasteiger partial charge in [0, 0.05) is 13.1 Å². The molecular formula is C18H27NO3. The number of nitrogens with zero attached hydrogens (tertiary/aromatic N) is 1. The Morgan fingerprint density at radius 1 is 1.18 bits per heavy atom. The highest BCUT2D eigenvalue weighted by atomic mass is 16.6. The van der Waals surface area contributed by atoms with Gasteiger partial charge in [0.2, 0.25) is 0 Å². The van der Waals surface area contributed by atoms with Crippen molar-refractivity contribution in [3.8, 4) is 0 Å². The summed E-state index contributed by atoms with van der Waals surface area (Å²) in [6, 6.07) is 6.09. The van der Waals surface area contributed by atoms with Crippen molar-refractivity contribution in [3.63, 3.8) is 0 Å². The van der Waals surface area contributed by atoms with Crippen molar-refractivity contribution in [1.82, 2.24) is 4.90 Å². The molecule has 122 valence electrons. The third-order valence-electron chi connectivity index (χ3n) is 4.29. The number of benzene rings is 1. The number of piperidine rings is 1. The Labute approximate surface area is 133 Å². The van der Waals surface area contributed by atoms with Crippen LogP contribution >= 0.6 is 0 Å². The van der Waals surface area contributed by atoms with Crippen LogP contribution in [0.1, 0.15) is 50.3 Å². The molecule has 0 atom stereocenters. The lowest BCUT2D eigenvalue weighted by atomic mass is 9.83. The predicted molar refractivity (Wildman–Crippen MR) is 86.9 cm³/mol. The second-order valence-electron chi connectivity index (χ2n) is 7.30. The molecule has 0 unspecified atom stereocenters. The van der Waals surface area contributed by atoms with E-state index in [4.69, 9.17) is 4.74 Å². The molecule has 1 aromatic rings. The van der Waals surface area contributed by atoms with Gasteiger partial charge in [0.05, 0.1) is 5.60 Å². The largest absolute Gasteiger partial charge is 0.444 e. The van der Waals surface area contributed by atoms with E-state index in [2.05, 4.69) is 19.9 Å². The summed E-state index contributed by atoms with van der Waals surface area (Å²) in [4.78, 5) is 13.8. The van der Waals surface area contributed by atoms with Gasteiger partial charge in [0.1, 0.15) is 5.60 Å². The third-order valence-corrected chi connectivity index (χ3v) is 4.29. The first-order valence-corrected chi connectivity index (χ1v) is 7.89. The minimum Gasteiger partial charge on any atom is -0.444 e. The second kappa shape index (κ2) is 5.92. The van der Waals surface area contributed by atoms with E-state index in [-0.39, 0.29) is 6.09 Å². The maximum Gasteiger partial charge on any atom is 0.410 e. The van der Waals surface area contributed by atoms with Crippen LogP contribution in [-0.4, -0.2) is 34.8 Å². The molecule has 1 saturated heterocycles. The van der Waals surface area contributed by atoms with Crippen LogP contribution in [0.2, 0.25) is 0 Å². The van der Waals surface area contributed by atoms with Crippen molar-refractivity contribution in [1.29, 1.82) is 0 Å². The Kier molecular flexibility index (Phi) is 4.52. The molecule has 4 nitrogen and oxygen atoms in total. The van der Waals surface area contributed by atoms with Gasteiger partial charge in [-0.25, -0.2) is 4.79 Å². The molecule has 0 spiro atoms. The van der Waals surface area contributed by atoms with Gasteiger partial charge in [0.25, 0.3) is 0 Å². The minimum atomic E-state index is -0.850. The summed E-state index contributed by atoms with van der Waals surface area (Å²) in [6.07, 6.45) is 0.776. The van der Waals surface area contributed by atoms with Crippen LogP contribution in [-0.2, 0) is 10.3 Å². The molecule has 0 bridgehead atoms. The molecule has 1 N–H and O–H groups in total. The summed E-state index contributed by atoms with van der Waals surface area (Å²) in [6.45, 7) is 10.7. The van der Waals surface area contributed by atoms with Gasteiger partial charge in [-0.15, -0.1) is 0 Å². The van der Waals surface area contributed by atoms with Crippen molar-refractivity contribution in [2.45, 2.75) is 58.7 Å². The van der Waals surface area contributed by atoms with E-state index < -0.39 is 11.2 Å². The third kappa shape index (κ3) is 3.80. The average molecular weight is 305 g/mol. The molecule has 1 amide bonds. The first kappa shape index (κ1) is 16.8. The Balaban J connectivity index is 2.04. The van der Waals surface area contributed by atoms with Gasteiger partial charge in [-0.1, -0.05) is 18.2 Å². The van der Waals surface area contributed by atoms with Gasteiger partial charge in [-0.2, -0.15) is 0 Å². The Bertz CT molecular complexity index is 552. The van der Waals surface area contributed by atoms with Crippen LogP contribution in [0.4, 0.5) is 4.79 Å². The maximum atomic E-state index is 12.1. The summed E-state index contributed by atoms with van der Waals surface area (Å²) >= 11 is 0. The van der Waals surface area contributed by atoms with E-state index in [1.165, 1.54) is 11.1 Å². The van der Waals surface area contributed by atoms with E-state index in [0.29, 0.717) is 25.9 Å². The summed E-state index contributed by atoms with van der Waals surface area (Å²) in [7, 11) is 0. The van der Waals surface area contributed by atoms with Crippen molar-refractivity contribution >= 4 is 6.09 Å². The lowest BCUT2D eigenvalue weighted by Gasteiger charge is -2.39. The molecule has 0 radical (unpaired) electrons. The normalized spacial score (nSPS) is 18.2. The smallest absolute Gasteiger partial charge is 0.410 e. The molecule has 4 heteroatoms. The van der Waals surface area contributed by atoms with E-state index >= 15 is 0 Å². The number of hydrogen-bond donors (Lipinski definition) is 1. The quantitative estimate of drug-likeness (QED) is 0.863. The molecule has 1 aliphatic heterocycles. The number of carbonyl (C=O) groups excluding carboxylic acids is 1. The van der Waals surface area contributed by atoms with Crippen molar-refractivity contribution < 1.29 is 14.6 Å². The molecule has 0 aromatic heterocycles. The lowest BCUT2D eigenvalue weighted by molar-refractivity contribution is -0.0356. The van der Waals surface area contributed by atoms with Crippen molar-refractivity contribution in [3.05, 3.63) is 34.9 Å². The highest BCUT2D eigenvalue weighted by Crippen LogP contribution is 2.34. The van der Waals surface area contributed by atoms with E-state index in [1.54, 1.807) is 4.90 Å². The molecule has 2 rings (SSSR count). The molecule has 1 fully saturated rings. The zero-order chi connectivity index (χ0) is 16.5. The molecule has 1 aliphatic rings. The van der Waals surface area contributed by atoms with Gasteiger partial charge in [-0.3, -0.25) is 0 Å².